The van der Waals surface area contributed by atoms with Crippen LogP contribution in [0.2, 0.25) is 0 Å². The lowest BCUT2D eigenvalue weighted by atomic mass is 9.95. The molecule has 47 heavy (non-hydrogen) atoms. The molecule has 0 spiro atoms. The molecule has 0 radical (unpaired) electrons. The number of carbonyl (C=O) groups is 4. The van der Waals surface area contributed by atoms with Crippen molar-refractivity contribution in [2.24, 2.45) is 0 Å². The maximum absolute atomic E-state index is 16.7. The summed E-state index contributed by atoms with van der Waals surface area (Å²) in [6.07, 6.45) is -3.77. The second-order valence-electron chi connectivity index (χ2n) is 11.1. The lowest BCUT2D eigenvalue weighted by Gasteiger charge is -2.36. The molecule has 1 aliphatic heterocycles. The van der Waals surface area contributed by atoms with Gasteiger partial charge in [0.2, 0.25) is 0 Å². The standard InChI is InChI=1S/C30H30F4N4O8S/c1-29(2,3)45-27(41)37-13-20-19(22(14-37)46-47-28(42)36-11-10-35-17-36)12-21(44-16-18-8-6-5-7-9-18)25(24(20)31)38(15-23(39)43-4)26(40)30(32,33)34/h5-12,17,22H,13-16H2,1-4H3. The van der Waals surface area contributed by atoms with Gasteiger partial charge in [-0.1, -0.05) is 30.3 Å². The first kappa shape index (κ1) is 35.2. The van der Waals surface area contributed by atoms with E-state index in [9.17, 15) is 32.3 Å². The van der Waals surface area contributed by atoms with Crippen molar-refractivity contribution in [1.82, 2.24) is 14.5 Å². The summed E-state index contributed by atoms with van der Waals surface area (Å²) in [6, 6.07) is 9.51. The van der Waals surface area contributed by atoms with E-state index < -0.39 is 71.4 Å². The molecule has 4 rings (SSSR count). The van der Waals surface area contributed by atoms with Gasteiger partial charge in [0.05, 0.1) is 32.2 Å². The van der Waals surface area contributed by atoms with E-state index in [0.717, 1.165) is 22.6 Å². The highest BCUT2D eigenvalue weighted by Crippen LogP contribution is 2.44. The van der Waals surface area contributed by atoms with Crippen molar-refractivity contribution in [2.75, 3.05) is 25.1 Å². The number of nitrogens with zero attached hydrogens (tertiary/aromatic N) is 4. The summed E-state index contributed by atoms with van der Waals surface area (Å²) < 4.78 is 80.9. The predicted molar refractivity (Wildman–Crippen MR) is 159 cm³/mol. The van der Waals surface area contributed by atoms with Gasteiger partial charge < -0.3 is 19.1 Å². The Morgan fingerprint density at radius 3 is 2.40 bits per heavy atom. The van der Waals surface area contributed by atoms with Crippen LogP contribution in [0, 0.1) is 5.82 Å². The van der Waals surface area contributed by atoms with Crippen LogP contribution < -0.4 is 9.64 Å². The zero-order valence-corrected chi connectivity index (χ0v) is 26.4. The monoisotopic (exact) mass is 682 g/mol. The number of aromatic nitrogens is 2. The third-order valence-corrected chi connectivity index (χ3v) is 7.22. The van der Waals surface area contributed by atoms with E-state index in [0.29, 0.717) is 17.6 Å². The third-order valence-electron chi connectivity index (χ3n) is 6.54. The van der Waals surface area contributed by atoms with Crippen molar-refractivity contribution in [2.45, 2.75) is 51.8 Å². The molecule has 0 saturated carbocycles. The molecular formula is C30H30F4N4O8S. The summed E-state index contributed by atoms with van der Waals surface area (Å²) in [5, 5.41) is -0.642. The minimum absolute atomic E-state index is 0.0116. The Bertz CT molecular complexity index is 1610. The van der Waals surface area contributed by atoms with Crippen LogP contribution in [0.25, 0.3) is 0 Å². The van der Waals surface area contributed by atoms with Gasteiger partial charge in [0.1, 0.15) is 42.6 Å². The zero-order valence-electron chi connectivity index (χ0n) is 25.6. The van der Waals surface area contributed by atoms with E-state index in [1.165, 1.54) is 18.7 Å². The van der Waals surface area contributed by atoms with E-state index >= 15 is 4.39 Å². The molecule has 2 amide bonds. The number of rotatable bonds is 8. The van der Waals surface area contributed by atoms with Crippen LogP contribution in [-0.4, -0.2) is 69.6 Å². The number of carbonyl (C=O) groups excluding carboxylic acids is 4. The molecular weight excluding hydrogens is 652 g/mol. The lowest BCUT2D eigenvalue weighted by molar-refractivity contribution is -0.171. The summed E-state index contributed by atoms with van der Waals surface area (Å²) >= 11 is 0.351. The molecule has 252 valence electrons. The molecule has 1 aliphatic rings. The van der Waals surface area contributed by atoms with Gasteiger partial charge in [-0.05, 0) is 38.0 Å². The number of methoxy groups -OCH3 is 1. The smallest absolute Gasteiger partial charge is 0.471 e. The van der Waals surface area contributed by atoms with Gasteiger partial charge in [-0.15, -0.1) is 0 Å². The highest BCUT2D eigenvalue weighted by molar-refractivity contribution is 8.09. The van der Waals surface area contributed by atoms with Crippen LogP contribution in [0.15, 0.2) is 55.1 Å². The van der Waals surface area contributed by atoms with E-state index in [1.54, 1.807) is 51.1 Å². The van der Waals surface area contributed by atoms with Crippen molar-refractivity contribution < 1.29 is 55.1 Å². The van der Waals surface area contributed by atoms with Crippen molar-refractivity contribution in [1.29, 1.82) is 0 Å². The molecule has 1 atom stereocenters. The molecule has 0 bridgehead atoms. The van der Waals surface area contributed by atoms with Crippen molar-refractivity contribution in [3.05, 3.63) is 77.6 Å². The van der Waals surface area contributed by atoms with Gasteiger partial charge >= 0.3 is 29.4 Å². The zero-order chi connectivity index (χ0) is 34.5. The maximum Gasteiger partial charge on any atom is 0.471 e. The van der Waals surface area contributed by atoms with Crippen molar-refractivity contribution in [3.8, 4) is 5.75 Å². The quantitative estimate of drug-likeness (QED) is 0.163. The van der Waals surface area contributed by atoms with Crippen LogP contribution in [0.1, 0.15) is 43.6 Å². The van der Waals surface area contributed by atoms with Crippen molar-refractivity contribution >= 4 is 40.9 Å². The Labute approximate surface area is 270 Å². The van der Waals surface area contributed by atoms with Crippen LogP contribution in [-0.2, 0) is 36.4 Å². The van der Waals surface area contributed by atoms with Crippen LogP contribution in [0.4, 0.5) is 32.8 Å². The summed E-state index contributed by atoms with van der Waals surface area (Å²) in [5.74, 6) is -5.79. The Morgan fingerprint density at radius 1 is 1.11 bits per heavy atom. The number of ether oxygens (including phenoxy) is 3. The summed E-state index contributed by atoms with van der Waals surface area (Å²) in [5.41, 5.74) is -1.80. The van der Waals surface area contributed by atoms with Crippen LogP contribution >= 0.6 is 12.0 Å². The largest absolute Gasteiger partial charge is 0.487 e. The Kier molecular flexibility index (Phi) is 10.8. The number of fused-ring (bicyclic) bond motifs is 1. The van der Waals surface area contributed by atoms with E-state index in [2.05, 4.69) is 9.72 Å². The van der Waals surface area contributed by atoms with E-state index in [-0.39, 0.29) is 29.2 Å². The van der Waals surface area contributed by atoms with Gasteiger partial charge in [-0.25, -0.2) is 14.2 Å². The van der Waals surface area contributed by atoms with E-state index in [1.807, 2.05) is 0 Å². The van der Waals surface area contributed by atoms with Gasteiger partial charge in [-0.3, -0.25) is 28.0 Å². The molecule has 0 saturated heterocycles. The first-order valence-electron chi connectivity index (χ1n) is 13.9. The number of alkyl halides is 3. The fourth-order valence-corrected chi connectivity index (χ4v) is 4.99. The second-order valence-corrected chi connectivity index (χ2v) is 11.8. The van der Waals surface area contributed by atoms with Gasteiger partial charge in [0.15, 0.2) is 5.82 Å². The molecule has 1 unspecified atom stereocenters. The number of benzene rings is 2. The topological polar surface area (TPSA) is 130 Å². The summed E-state index contributed by atoms with van der Waals surface area (Å²) in [4.78, 5) is 55.4. The average Bonchev–Trinajstić information content (AvgIpc) is 3.56. The van der Waals surface area contributed by atoms with Crippen LogP contribution in [0.5, 0.6) is 5.75 Å². The predicted octanol–water partition coefficient (Wildman–Crippen LogP) is 5.79. The SMILES string of the molecule is COC(=O)CN(C(=O)C(F)(F)F)c1c(OCc2ccccc2)cc2c(c1F)CN(C(=O)OC(C)(C)C)CC2OSC(=O)n1ccnc1. The van der Waals surface area contributed by atoms with Crippen molar-refractivity contribution in [3.63, 3.8) is 0 Å². The lowest BCUT2D eigenvalue weighted by Crippen LogP contribution is -2.46. The number of anilines is 1. The Balaban J connectivity index is 1.87. The number of halogens is 4. The molecule has 1 aromatic heterocycles. The molecule has 17 heteroatoms. The molecule has 2 aromatic carbocycles. The first-order chi connectivity index (χ1) is 22.1. The first-order valence-corrected chi connectivity index (χ1v) is 14.6. The number of hydrogen-bond acceptors (Lipinski definition) is 10. The number of amides is 2. The van der Waals surface area contributed by atoms with E-state index in [4.69, 9.17) is 13.7 Å². The van der Waals surface area contributed by atoms with Gasteiger partial charge in [0, 0.05) is 18.0 Å². The average molecular weight is 683 g/mol. The fourth-order valence-electron chi connectivity index (χ4n) is 4.43. The normalized spacial score (nSPS) is 14.6. The van der Waals surface area contributed by atoms with Gasteiger partial charge in [-0.2, -0.15) is 13.2 Å². The summed E-state index contributed by atoms with van der Waals surface area (Å²) in [7, 11) is 0.887. The molecule has 0 N–H and O–H groups in total. The molecule has 12 nitrogen and oxygen atoms in total. The molecule has 3 aromatic rings. The second kappa shape index (κ2) is 14.4. The molecule has 2 heterocycles. The molecule has 0 aliphatic carbocycles. The highest BCUT2D eigenvalue weighted by Gasteiger charge is 2.46. The number of hydrogen-bond donors (Lipinski definition) is 0. The fraction of sp³-hybridized carbons (Fsp3) is 0.367. The summed E-state index contributed by atoms with van der Waals surface area (Å²) in [6.45, 7) is 2.39. The highest BCUT2D eigenvalue weighted by atomic mass is 32.2. The third kappa shape index (κ3) is 8.79. The maximum atomic E-state index is 16.7. The number of imidazole rings is 1. The number of esters is 1. The Morgan fingerprint density at radius 2 is 1.81 bits per heavy atom. The Hall–Kier alpha value is -4.64. The molecule has 0 fully saturated rings. The minimum Gasteiger partial charge on any atom is -0.487 e. The minimum atomic E-state index is -5.54. The van der Waals surface area contributed by atoms with Gasteiger partial charge in [0.25, 0.3) is 0 Å². The van der Waals surface area contributed by atoms with Crippen LogP contribution in [0.3, 0.4) is 0 Å².